The summed E-state index contributed by atoms with van der Waals surface area (Å²) in [6.45, 7) is 6.28. The fraction of sp³-hybridized carbons (Fsp3) is 0.400. The molecule has 1 N–H and O–H groups in total. The van der Waals surface area contributed by atoms with Crippen molar-refractivity contribution in [3.8, 4) is 0 Å². The highest BCUT2D eigenvalue weighted by atomic mass is 19.1. The van der Waals surface area contributed by atoms with Gasteiger partial charge in [-0.25, -0.2) is 4.39 Å². The van der Waals surface area contributed by atoms with Gasteiger partial charge in [0.2, 0.25) is 0 Å². The molecule has 0 saturated carbocycles. The molecule has 0 bridgehead atoms. The van der Waals surface area contributed by atoms with Crippen LogP contribution < -0.4 is 0 Å². The van der Waals surface area contributed by atoms with Crippen molar-refractivity contribution in [2.24, 2.45) is 0 Å². The van der Waals surface area contributed by atoms with Crippen molar-refractivity contribution in [2.45, 2.75) is 39.8 Å². The first kappa shape index (κ1) is 13.7. The number of halogens is 1. The first-order chi connectivity index (χ1) is 9.02. The molecule has 0 saturated heterocycles. The van der Waals surface area contributed by atoms with E-state index in [2.05, 4.69) is 5.10 Å². The Kier molecular flexibility index (Phi) is 4.00. The van der Waals surface area contributed by atoms with Crippen LogP contribution >= 0.6 is 0 Å². The van der Waals surface area contributed by atoms with Crippen molar-refractivity contribution in [3.05, 3.63) is 52.6 Å². The van der Waals surface area contributed by atoms with Gasteiger partial charge in [-0.1, -0.05) is 19.1 Å². The first-order valence-electron chi connectivity index (χ1n) is 6.49. The Hall–Kier alpha value is -1.68. The van der Waals surface area contributed by atoms with E-state index in [0.29, 0.717) is 13.0 Å². The fourth-order valence-corrected chi connectivity index (χ4v) is 2.36. The third-order valence-electron chi connectivity index (χ3n) is 3.38. The van der Waals surface area contributed by atoms with Gasteiger partial charge in [0.15, 0.2) is 0 Å². The summed E-state index contributed by atoms with van der Waals surface area (Å²) in [6.07, 6.45) is 0.175. The van der Waals surface area contributed by atoms with Gasteiger partial charge in [-0.15, -0.1) is 0 Å². The highest BCUT2D eigenvalue weighted by Gasteiger charge is 2.17. The summed E-state index contributed by atoms with van der Waals surface area (Å²) in [5.41, 5.74) is 3.53. The lowest BCUT2D eigenvalue weighted by Gasteiger charge is -2.09. The molecule has 3 nitrogen and oxygen atoms in total. The maximum absolute atomic E-state index is 13.2. The van der Waals surface area contributed by atoms with E-state index in [4.69, 9.17) is 0 Å². The summed E-state index contributed by atoms with van der Waals surface area (Å²) in [7, 11) is 0. The lowest BCUT2D eigenvalue weighted by atomic mass is 10.1. The lowest BCUT2D eigenvalue weighted by molar-refractivity contribution is 0.172. The van der Waals surface area contributed by atoms with Crippen LogP contribution in [0.5, 0.6) is 0 Å². The van der Waals surface area contributed by atoms with Crippen LogP contribution in [0.2, 0.25) is 0 Å². The van der Waals surface area contributed by atoms with Crippen LogP contribution in [0.3, 0.4) is 0 Å². The van der Waals surface area contributed by atoms with E-state index in [1.165, 1.54) is 12.1 Å². The van der Waals surface area contributed by atoms with E-state index in [1.807, 2.05) is 31.5 Å². The Morgan fingerprint density at radius 2 is 2.11 bits per heavy atom. The van der Waals surface area contributed by atoms with Crippen LogP contribution in [-0.2, 0) is 6.54 Å². The van der Waals surface area contributed by atoms with E-state index in [1.54, 1.807) is 6.07 Å². The molecule has 1 unspecified atom stereocenters. The van der Waals surface area contributed by atoms with Crippen molar-refractivity contribution in [3.63, 3.8) is 0 Å². The van der Waals surface area contributed by atoms with Gasteiger partial charge in [0, 0.05) is 11.3 Å². The maximum atomic E-state index is 13.2. The number of hydrogen-bond donors (Lipinski definition) is 1. The normalized spacial score (nSPS) is 12.7. The van der Waals surface area contributed by atoms with Gasteiger partial charge < -0.3 is 5.11 Å². The average Bonchev–Trinajstić information content (AvgIpc) is 2.64. The highest BCUT2D eigenvalue weighted by molar-refractivity contribution is 5.28. The zero-order chi connectivity index (χ0) is 14.0. The molecule has 1 atom stereocenters. The summed E-state index contributed by atoms with van der Waals surface area (Å²) in [4.78, 5) is 0. The van der Waals surface area contributed by atoms with Crippen LogP contribution in [0.25, 0.3) is 0 Å². The minimum Gasteiger partial charge on any atom is -0.388 e. The summed E-state index contributed by atoms with van der Waals surface area (Å²) in [5, 5.41) is 14.4. The van der Waals surface area contributed by atoms with Crippen LogP contribution in [0.4, 0.5) is 4.39 Å². The van der Waals surface area contributed by atoms with Gasteiger partial charge in [0.1, 0.15) is 5.82 Å². The van der Waals surface area contributed by atoms with Crippen LogP contribution in [0, 0.1) is 19.7 Å². The number of aryl methyl sites for hydroxylation is 1. The summed E-state index contributed by atoms with van der Waals surface area (Å²) < 4.78 is 15.0. The molecule has 0 aliphatic rings. The quantitative estimate of drug-likeness (QED) is 0.919. The lowest BCUT2D eigenvalue weighted by Crippen LogP contribution is -2.05. The van der Waals surface area contributed by atoms with Crippen molar-refractivity contribution in [1.82, 2.24) is 9.78 Å². The molecule has 0 radical (unpaired) electrons. The molecule has 2 aromatic rings. The van der Waals surface area contributed by atoms with Crippen molar-refractivity contribution in [1.29, 1.82) is 0 Å². The molecule has 102 valence electrons. The number of rotatable bonds is 4. The summed E-state index contributed by atoms with van der Waals surface area (Å²) in [5.74, 6) is -0.243. The molecule has 0 fully saturated rings. The highest BCUT2D eigenvalue weighted by Crippen LogP contribution is 2.24. The van der Waals surface area contributed by atoms with Gasteiger partial charge >= 0.3 is 0 Å². The minimum atomic E-state index is -0.485. The number of benzene rings is 1. The molecule has 1 heterocycles. The van der Waals surface area contributed by atoms with Crippen LogP contribution in [0.1, 0.15) is 42.0 Å². The van der Waals surface area contributed by atoms with E-state index < -0.39 is 6.10 Å². The Bertz CT molecular complexity index is 578. The number of aliphatic hydroxyl groups is 1. The molecule has 1 aromatic heterocycles. The predicted octanol–water partition coefficient (Wildman–Crippen LogP) is 3.13. The van der Waals surface area contributed by atoms with Gasteiger partial charge in [0.05, 0.1) is 18.3 Å². The van der Waals surface area contributed by atoms with E-state index in [0.717, 1.165) is 22.5 Å². The van der Waals surface area contributed by atoms with Gasteiger partial charge in [-0.2, -0.15) is 5.10 Å². The SMILES string of the molecule is CCC(O)c1c(C)nn(Cc2cccc(F)c2)c1C. The van der Waals surface area contributed by atoms with E-state index >= 15 is 0 Å². The molecule has 19 heavy (non-hydrogen) atoms. The maximum Gasteiger partial charge on any atom is 0.123 e. The van der Waals surface area contributed by atoms with Crippen LogP contribution in [0.15, 0.2) is 24.3 Å². The number of hydrogen-bond acceptors (Lipinski definition) is 2. The van der Waals surface area contributed by atoms with Gasteiger partial charge in [-0.05, 0) is 38.0 Å². The summed E-state index contributed by atoms with van der Waals surface area (Å²) in [6, 6.07) is 6.50. The standard InChI is InChI=1S/C15H19FN2O/c1-4-14(19)15-10(2)17-18(11(15)3)9-12-6-5-7-13(16)8-12/h5-8,14,19H,4,9H2,1-3H3. The van der Waals surface area contributed by atoms with Crippen molar-refractivity contribution >= 4 is 0 Å². The first-order valence-corrected chi connectivity index (χ1v) is 6.49. The second-order valence-electron chi connectivity index (χ2n) is 4.80. The largest absolute Gasteiger partial charge is 0.388 e. The third kappa shape index (κ3) is 2.84. The smallest absolute Gasteiger partial charge is 0.123 e. The minimum absolute atomic E-state index is 0.243. The van der Waals surface area contributed by atoms with Crippen molar-refractivity contribution in [2.75, 3.05) is 0 Å². The summed E-state index contributed by atoms with van der Waals surface area (Å²) >= 11 is 0. The molecule has 2 rings (SSSR count). The number of aliphatic hydroxyl groups excluding tert-OH is 1. The zero-order valence-electron chi connectivity index (χ0n) is 11.5. The van der Waals surface area contributed by atoms with E-state index in [9.17, 15) is 9.50 Å². The predicted molar refractivity (Wildman–Crippen MR) is 72.5 cm³/mol. The molecular weight excluding hydrogens is 243 g/mol. The molecule has 0 spiro atoms. The second kappa shape index (κ2) is 5.53. The Balaban J connectivity index is 2.32. The Morgan fingerprint density at radius 3 is 2.74 bits per heavy atom. The van der Waals surface area contributed by atoms with Gasteiger partial charge in [-0.3, -0.25) is 4.68 Å². The molecule has 0 amide bonds. The molecule has 0 aliphatic carbocycles. The molecule has 0 aliphatic heterocycles. The topological polar surface area (TPSA) is 38.1 Å². The zero-order valence-corrected chi connectivity index (χ0v) is 11.5. The monoisotopic (exact) mass is 262 g/mol. The number of aromatic nitrogens is 2. The fourth-order valence-electron chi connectivity index (χ4n) is 2.36. The molecular formula is C15H19FN2O. The van der Waals surface area contributed by atoms with Crippen LogP contribution in [-0.4, -0.2) is 14.9 Å². The third-order valence-corrected chi connectivity index (χ3v) is 3.38. The number of nitrogens with zero attached hydrogens (tertiary/aromatic N) is 2. The average molecular weight is 262 g/mol. The molecule has 1 aromatic carbocycles. The second-order valence-corrected chi connectivity index (χ2v) is 4.80. The van der Waals surface area contributed by atoms with Crippen molar-refractivity contribution < 1.29 is 9.50 Å². The Morgan fingerprint density at radius 1 is 1.37 bits per heavy atom. The van der Waals surface area contributed by atoms with E-state index in [-0.39, 0.29) is 5.82 Å². The molecule has 4 heteroatoms. The van der Waals surface area contributed by atoms with Gasteiger partial charge in [0.25, 0.3) is 0 Å². The Labute approximate surface area is 112 Å².